The minimum atomic E-state index is -0.186. The molecule has 3 rings (SSSR count). The Labute approximate surface area is 155 Å². The number of nitrogens with one attached hydrogen (secondary N) is 1. The van der Waals surface area contributed by atoms with E-state index in [4.69, 9.17) is 16.3 Å². The van der Waals surface area contributed by atoms with Crippen LogP contribution >= 0.6 is 22.9 Å². The van der Waals surface area contributed by atoms with E-state index in [1.807, 2.05) is 37.3 Å². The highest BCUT2D eigenvalue weighted by Gasteiger charge is 2.11. The summed E-state index contributed by atoms with van der Waals surface area (Å²) in [7, 11) is 0. The Kier molecular flexibility index (Phi) is 5.68. The third-order valence-electron chi connectivity index (χ3n) is 3.53. The summed E-state index contributed by atoms with van der Waals surface area (Å²) >= 11 is 7.47. The molecule has 1 heterocycles. The number of hydrogen-bond acceptors (Lipinski definition) is 4. The SMILES string of the molecule is Cc1nc(-c2ccccc2)sc1CNC(=O)COc1cccc(Cl)c1. The predicted octanol–water partition coefficient (Wildman–Crippen LogP) is 4.47. The molecule has 2 aromatic carbocycles. The number of carbonyl (C=O) groups is 1. The first-order valence-corrected chi connectivity index (χ1v) is 8.98. The maximum atomic E-state index is 12.0. The second kappa shape index (κ2) is 8.14. The number of thiazole rings is 1. The van der Waals surface area contributed by atoms with E-state index >= 15 is 0 Å². The average molecular weight is 373 g/mol. The smallest absolute Gasteiger partial charge is 0.258 e. The molecule has 1 N–H and O–H groups in total. The van der Waals surface area contributed by atoms with Crippen LogP contribution in [0.1, 0.15) is 10.6 Å². The summed E-state index contributed by atoms with van der Waals surface area (Å²) in [4.78, 5) is 17.6. The number of carbonyl (C=O) groups excluding carboxylic acids is 1. The molecule has 0 spiro atoms. The first-order valence-electron chi connectivity index (χ1n) is 7.78. The van der Waals surface area contributed by atoms with Crippen LogP contribution in [0.3, 0.4) is 0 Å². The van der Waals surface area contributed by atoms with Gasteiger partial charge in [-0.25, -0.2) is 4.98 Å². The molecule has 0 saturated carbocycles. The third kappa shape index (κ3) is 4.81. The van der Waals surface area contributed by atoms with Crippen LogP contribution in [0.5, 0.6) is 5.75 Å². The second-order valence-electron chi connectivity index (χ2n) is 5.42. The summed E-state index contributed by atoms with van der Waals surface area (Å²) in [5.41, 5.74) is 2.01. The minimum absolute atomic E-state index is 0.0518. The summed E-state index contributed by atoms with van der Waals surface area (Å²) in [6.45, 7) is 2.34. The predicted molar refractivity (Wildman–Crippen MR) is 101 cm³/mol. The van der Waals surface area contributed by atoms with E-state index in [1.54, 1.807) is 35.6 Å². The number of hydrogen-bond donors (Lipinski definition) is 1. The zero-order valence-electron chi connectivity index (χ0n) is 13.7. The minimum Gasteiger partial charge on any atom is -0.484 e. The van der Waals surface area contributed by atoms with Crippen molar-refractivity contribution in [1.29, 1.82) is 0 Å². The van der Waals surface area contributed by atoms with Crippen LogP contribution in [0.4, 0.5) is 0 Å². The van der Waals surface area contributed by atoms with Crippen LogP contribution < -0.4 is 10.1 Å². The van der Waals surface area contributed by atoms with Crippen LogP contribution in [0.2, 0.25) is 5.02 Å². The quantitative estimate of drug-likeness (QED) is 0.694. The van der Waals surface area contributed by atoms with Gasteiger partial charge in [0.1, 0.15) is 10.8 Å². The Hall–Kier alpha value is -2.37. The second-order valence-corrected chi connectivity index (χ2v) is 6.94. The van der Waals surface area contributed by atoms with Crippen molar-refractivity contribution in [2.75, 3.05) is 6.61 Å². The molecule has 0 fully saturated rings. The van der Waals surface area contributed by atoms with Gasteiger partial charge in [-0.05, 0) is 25.1 Å². The van der Waals surface area contributed by atoms with Crippen molar-refractivity contribution in [2.24, 2.45) is 0 Å². The zero-order valence-corrected chi connectivity index (χ0v) is 15.2. The molecule has 0 aliphatic carbocycles. The fraction of sp³-hybridized carbons (Fsp3) is 0.158. The van der Waals surface area contributed by atoms with E-state index in [1.165, 1.54) is 0 Å². The molecule has 3 aromatic rings. The Bertz CT molecular complexity index is 865. The van der Waals surface area contributed by atoms with Crippen LogP contribution in [-0.2, 0) is 11.3 Å². The van der Waals surface area contributed by atoms with Crippen molar-refractivity contribution in [2.45, 2.75) is 13.5 Å². The summed E-state index contributed by atoms with van der Waals surface area (Å²) in [5.74, 6) is 0.386. The van der Waals surface area contributed by atoms with Gasteiger partial charge in [-0.3, -0.25) is 4.79 Å². The maximum absolute atomic E-state index is 12.0. The van der Waals surface area contributed by atoms with Crippen molar-refractivity contribution >= 4 is 28.8 Å². The van der Waals surface area contributed by atoms with Gasteiger partial charge in [0, 0.05) is 15.5 Å². The molecule has 1 aromatic heterocycles. The van der Waals surface area contributed by atoms with Crippen LogP contribution in [0, 0.1) is 6.92 Å². The Morgan fingerprint density at radius 2 is 2.00 bits per heavy atom. The highest BCUT2D eigenvalue weighted by atomic mass is 35.5. The topological polar surface area (TPSA) is 51.2 Å². The molecule has 128 valence electrons. The number of ether oxygens (including phenoxy) is 1. The molecule has 0 bridgehead atoms. The number of aryl methyl sites for hydroxylation is 1. The summed E-state index contributed by atoms with van der Waals surface area (Å²) < 4.78 is 5.43. The lowest BCUT2D eigenvalue weighted by atomic mass is 10.2. The number of nitrogens with zero attached hydrogens (tertiary/aromatic N) is 1. The van der Waals surface area contributed by atoms with Crippen LogP contribution in [0.25, 0.3) is 10.6 Å². The monoisotopic (exact) mass is 372 g/mol. The molecule has 4 nitrogen and oxygen atoms in total. The fourth-order valence-corrected chi connectivity index (χ4v) is 3.42. The first-order chi connectivity index (χ1) is 12.1. The average Bonchev–Trinajstić information content (AvgIpc) is 3.00. The van der Waals surface area contributed by atoms with E-state index in [0.29, 0.717) is 17.3 Å². The summed E-state index contributed by atoms with van der Waals surface area (Å²) in [6.07, 6.45) is 0. The molecule has 1 amide bonds. The van der Waals surface area contributed by atoms with Crippen molar-refractivity contribution in [3.63, 3.8) is 0 Å². The Morgan fingerprint density at radius 1 is 1.20 bits per heavy atom. The zero-order chi connectivity index (χ0) is 17.6. The highest BCUT2D eigenvalue weighted by molar-refractivity contribution is 7.15. The largest absolute Gasteiger partial charge is 0.484 e. The number of aromatic nitrogens is 1. The highest BCUT2D eigenvalue weighted by Crippen LogP contribution is 2.27. The molecule has 0 unspecified atom stereocenters. The maximum Gasteiger partial charge on any atom is 0.258 e. The molecule has 6 heteroatoms. The molecule has 25 heavy (non-hydrogen) atoms. The lowest BCUT2D eigenvalue weighted by Crippen LogP contribution is -2.28. The summed E-state index contributed by atoms with van der Waals surface area (Å²) in [6, 6.07) is 17.0. The van der Waals surface area contributed by atoms with E-state index < -0.39 is 0 Å². The molecular formula is C19H17ClN2O2S. The van der Waals surface area contributed by atoms with Crippen LogP contribution in [0.15, 0.2) is 54.6 Å². The molecule has 0 radical (unpaired) electrons. The Morgan fingerprint density at radius 3 is 2.76 bits per heavy atom. The van der Waals surface area contributed by atoms with Crippen molar-refractivity contribution < 1.29 is 9.53 Å². The first kappa shape index (κ1) is 17.5. The van der Waals surface area contributed by atoms with Gasteiger partial charge in [0.05, 0.1) is 12.2 Å². The van der Waals surface area contributed by atoms with Gasteiger partial charge in [0.25, 0.3) is 5.91 Å². The van der Waals surface area contributed by atoms with E-state index in [0.717, 1.165) is 21.1 Å². The fourth-order valence-electron chi connectivity index (χ4n) is 2.23. The number of amides is 1. The van der Waals surface area contributed by atoms with Crippen LogP contribution in [-0.4, -0.2) is 17.5 Å². The van der Waals surface area contributed by atoms with Gasteiger partial charge in [-0.15, -0.1) is 11.3 Å². The van der Waals surface area contributed by atoms with E-state index in [2.05, 4.69) is 10.3 Å². The van der Waals surface area contributed by atoms with Gasteiger partial charge in [0.2, 0.25) is 0 Å². The van der Waals surface area contributed by atoms with Gasteiger partial charge >= 0.3 is 0 Å². The standard InChI is InChI=1S/C19H17ClN2O2S/c1-13-17(25-19(22-13)14-6-3-2-4-7-14)11-21-18(23)12-24-16-9-5-8-15(20)10-16/h2-10H,11-12H2,1H3,(H,21,23). The van der Waals surface area contributed by atoms with Crippen molar-refractivity contribution in [1.82, 2.24) is 10.3 Å². The lowest BCUT2D eigenvalue weighted by Gasteiger charge is -2.07. The molecule has 0 atom stereocenters. The molecular weight excluding hydrogens is 356 g/mol. The lowest BCUT2D eigenvalue weighted by molar-refractivity contribution is -0.123. The van der Waals surface area contributed by atoms with Gasteiger partial charge in [0.15, 0.2) is 6.61 Å². The number of benzene rings is 2. The van der Waals surface area contributed by atoms with Gasteiger partial charge in [-0.1, -0.05) is 48.0 Å². The summed E-state index contributed by atoms with van der Waals surface area (Å²) in [5, 5.41) is 4.39. The normalized spacial score (nSPS) is 10.5. The number of rotatable bonds is 6. The van der Waals surface area contributed by atoms with Crippen molar-refractivity contribution in [3.05, 3.63) is 70.2 Å². The van der Waals surface area contributed by atoms with Crippen molar-refractivity contribution in [3.8, 4) is 16.3 Å². The molecule has 0 aliphatic rings. The van der Waals surface area contributed by atoms with E-state index in [9.17, 15) is 4.79 Å². The Balaban J connectivity index is 1.55. The van der Waals surface area contributed by atoms with Gasteiger partial charge < -0.3 is 10.1 Å². The third-order valence-corrected chi connectivity index (χ3v) is 4.97. The molecule has 0 saturated heterocycles. The number of halogens is 1. The van der Waals surface area contributed by atoms with E-state index in [-0.39, 0.29) is 12.5 Å². The molecule has 0 aliphatic heterocycles. The van der Waals surface area contributed by atoms with Gasteiger partial charge in [-0.2, -0.15) is 0 Å².